The molecule has 0 amide bonds. The van der Waals surface area contributed by atoms with Gasteiger partial charge in [-0.2, -0.15) is 0 Å². The lowest BCUT2D eigenvalue weighted by atomic mass is 10.0. The maximum Gasteiger partial charge on any atom is 0.166 e. The number of rotatable bonds is 7. The first-order valence-electron chi connectivity index (χ1n) is 7.26. The topological polar surface area (TPSA) is 17.1 Å². The van der Waals surface area contributed by atoms with Crippen molar-refractivity contribution in [2.24, 2.45) is 0 Å². The van der Waals surface area contributed by atoms with Crippen LogP contribution in [0.15, 0.2) is 79.4 Å². The van der Waals surface area contributed by atoms with Crippen LogP contribution in [0, 0.1) is 0 Å². The van der Waals surface area contributed by atoms with Crippen molar-refractivity contribution >= 4 is 5.78 Å². The predicted molar refractivity (Wildman–Crippen MR) is 89.4 cm³/mol. The van der Waals surface area contributed by atoms with Crippen molar-refractivity contribution in [3.8, 4) is 11.1 Å². The van der Waals surface area contributed by atoms with Crippen LogP contribution in [0.3, 0.4) is 0 Å². The van der Waals surface area contributed by atoms with Crippen molar-refractivity contribution in [3.05, 3.63) is 85.0 Å². The van der Waals surface area contributed by atoms with Crippen LogP contribution < -0.4 is 0 Å². The van der Waals surface area contributed by atoms with E-state index in [1.54, 1.807) is 0 Å². The molecule has 0 saturated carbocycles. The van der Waals surface area contributed by atoms with Crippen molar-refractivity contribution in [3.63, 3.8) is 0 Å². The van der Waals surface area contributed by atoms with Gasteiger partial charge in [-0.1, -0.05) is 66.8 Å². The van der Waals surface area contributed by atoms with Gasteiger partial charge in [0, 0.05) is 12.0 Å². The van der Waals surface area contributed by atoms with Gasteiger partial charge in [0.1, 0.15) is 0 Å². The van der Waals surface area contributed by atoms with Gasteiger partial charge >= 0.3 is 0 Å². The molecular formula is C20H20O. The van der Waals surface area contributed by atoms with E-state index >= 15 is 0 Å². The first-order chi connectivity index (χ1) is 10.3. The highest BCUT2D eigenvalue weighted by Crippen LogP contribution is 2.20. The van der Waals surface area contributed by atoms with Crippen molar-refractivity contribution in [2.45, 2.75) is 19.3 Å². The van der Waals surface area contributed by atoms with Crippen molar-refractivity contribution in [1.29, 1.82) is 0 Å². The van der Waals surface area contributed by atoms with Gasteiger partial charge in [-0.05, 0) is 30.0 Å². The second-order valence-electron chi connectivity index (χ2n) is 4.91. The highest BCUT2D eigenvalue weighted by atomic mass is 16.1. The molecule has 106 valence electrons. The molecule has 2 aromatic rings. The molecule has 1 nitrogen and oxygen atoms in total. The molecule has 0 radical (unpaired) electrons. The molecule has 0 saturated heterocycles. The van der Waals surface area contributed by atoms with Gasteiger partial charge in [-0.25, -0.2) is 0 Å². The van der Waals surface area contributed by atoms with E-state index in [1.807, 2.05) is 60.7 Å². The van der Waals surface area contributed by atoms with Gasteiger partial charge < -0.3 is 0 Å². The fraction of sp³-hybridized carbons (Fsp3) is 0.150. The number of hydrogen-bond donors (Lipinski definition) is 0. The van der Waals surface area contributed by atoms with E-state index in [2.05, 4.69) is 18.7 Å². The zero-order chi connectivity index (χ0) is 14.9. The maximum atomic E-state index is 12.2. The summed E-state index contributed by atoms with van der Waals surface area (Å²) in [5.74, 6) is 0.155. The number of Topliss-reactive ketones (excluding diaryl/α,β-unsaturated/α-hetero) is 1. The molecule has 0 heterocycles. The second kappa shape index (κ2) is 8.01. The highest BCUT2D eigenvalue weighted by molar-refractivity contribution is 5.98. The number of unbranched alkanes of at least 4 members (excludes halogenated alkanes) is 1. The van der Waals surface area contributed by atoms with Crippen molar-refractivity contribution in [2.75, 3.05) is 0 Å². The summed E-state index contributed by atoms with van der Waals surface area (Å²) in [7, 11) is 0. The van der Waals surface area contributed by atoms with Crippen LogP contribution in [0.4, 0.5) is 0 Å². The summed E-state index contributed by atoms with van der Waals surface area (Å²) in [4.78, 5) is 12.2. The molecule has 0 bridgehead atoms. The molecule has 0 N–H and O–H groups in total. The van der Waals surface area contributed by atoms with E-state index in [-0.39, 0.29) is 5.78 Å². The first kappa shape index (κ1) is 15.0. The molecule has 0 aliphatic carbocycles. The SMILES string of the molecule is C=CCC/C=C\CC(=O)c1cccc(-c2ccccc2)c1. The minimum absolute atomic E-state index is 0.155. The number of carbonyl (C=O) groups is 1. The van der Waals surface area contributed by atoms with E-state index < -0.39 is 0 Å². The Kier molecular flexibility index (Phi) is 5.71. The quantitative estimate of drug-likeness (QED) is 0.373. The second-order valence-corrected chi connectivity index (χ2v) is 4.91. The molecule has 0 aliphatic heterocycles. The molecule has 0 fully saturated rings. The lowest BCUT2D eigenvalue weighted by Crippen LogP contribution is -1.97. The van der Waals surface area contributed by atoms with Gasteiger partial charge in [-0.3, -0.25) is 4.79 Å². The van der Waals surface area contributed by atoms with E-state index in [0.717, 1.165) is 29.5 Å². The zero-order valence-electron chi connectivity index (χ0n) is 12.2. The summed E-state index contributed by atoms with van der Waals surface area (Å²) in [6.45, 7) is 3.68. The number of benzene rings is 2. The lowest BCUT2D eigenvalue weighted by molar-refractivity contribution is 0.0996. The van der Waals surface area contributed by atoms with Gasteiger partial charge in [0.15, 0.2) is 5.78 Å². The third-order valence-corrected chi connectivity index (χ3v) is 3.30. The fourth-order valence-corrected chi connectivity index (χ4v) is 2.14. The molecule has 0 aliphatic rings. The third kappa shape index (κ3) is 4.57. The predicted octanol–water partition coefficient (Wildman–Crippen LogP) is 5.45. The largest absolute Gasteiger partial charge is 0.294 e. The normalized spacial score (nSPS) is 10.7. The molecule has 0 aromatic heterocycles. The Morgan fingerprint density at radius 3 is 2.43 bits per heavy atom. The Morgan fingerprint density at radius 1 is 0.905 bits per heavy atom. The highest BCUT2D eigenvalue weighted by Gasteiger charge is 2.05. The van der Waals surface area contributed by atoms with Gasteiger partial charge in [0.25, 0.3) is 0 Å². The minimum Gasteiger partial charge on any atom is -0.294 e. The smallest absolute Gasteiger partial charge is 0.166 e. The number of carbonyl (C=O) groups excluding carboxylic acids is 1. The summed E-state index contributed by atoms with van der Waals surface area (Å²) >= 11 is 0. The third-order valence-electron chi connectivity index (χ3n) is 3.30. The average molecular weight is 276 g/mol. The van der Waals surface area contributed by atoms with Crippen LogP contribution in [0.25, 0.3) is 11.1 Å². The summed E-state index contributed by atoms with van der Waals surface area (Å²) in [5.41, 5.74) is 2.98. The van der Waals surface area contributed by atoms with Crippen LogP contribution in [0.5, 0.6) is 0 Å². The van der Waals surface area contributed by atoms with Crippen molar-refractivity contribution in [1.82, 2.24) is 0 Å². The molecule has 0 atom stereocenters. The molecule has 1 heteroatoms. The van der Waals surface area contributed by atoms with Gasteiger partial charge in [0.05, 0.1) is 0 Å². The van der Waals surface area contributed by atoms with Crippen LogP contribution in [0.1, 0.15) is 29.6 Å². The number of ketones is 1. The lowest BCUT2D eigenvalue weighted by Gasteiger charge is -2.04. The summed E-state index contributed by atoms with van der Waals surface area (Å²) in [6.07, 6.45) is 8.22. The molecule has 2 rings (SSSR count). The monoisotopic (exact) mass is 276 g/mol. The Morgan fingerprint density at radius 2 is 1.67 bits per heavy atom. The van der Waals surface area contributed by atoms with Gasteiger partial charge in [-0.15, -0.1) is 6.58 Å². The van der Waals surface area contributed by atoms with E-state index in [9.17, 15) is 4.79 Å². The Labute approximate surface area is 126 Å². The Hall–Kier alpha value is -2.41. The molecule has 0 unspecified atom stereocenters. The summed E-state index contributed by atoms with van der Waals surface area (Å²) in [6, 6.07) is 17.9. The van der Waals surface area contributed by atoms with E-state index in [1.165, 1.54) is 0 Å². The van der Waals surface area contributed by atoms with Gasteiger partial charge in [0.2, 0.25) is 0 Å². The van der Waals surface area contributed by atoms with Crippen LogP contribution in [0.2, 0.25) is 0 Å². The fourth-order valence-electron chi connectivity index (χ4n) is 2.14. The Balaban J connectivity index is 2.05. The molecule has 21 heavy (non-hydrogen) atoms. The van der Waals surface area contributed by atoms with E-state index in [0.29, 0.717) is 6.42 Å². The molecular weight excluding hydrogens is 256 g/mol. The standard InChI is InChI=1S/C20H20O/c1-2-3-4-5-9-15-20(21)19-14-10-13-18(16-19)17-11-7-6-8-12-17/h2,5-14,16H,1,3-4,15H2/b9-5-. The van der Waals surface area contributed by atoms with Crippen molar-refractivity contribution < 1.29 is 4.79 Å². The number of hydrogen-bond acceptors (Lipinski definition) is 1. The van der Waals surface area contributed by atoms with Crippen LogP contribution in [-0.2, 0) is 0 Å². The Bertz CT molecular complexity index is 623. The zero-order valence-corrected chi connectivity index (χ0v) is 12.2. The molecule has 0 spiro atoms. The summed E-state index contributed by atoms with van der Waals surface area (Å²) in [5, 5.41) is 0. The van der Waals surface area contributed by atoms with Crippen LogP contribution in [-0.4, -0.2) is 5.78 Å². The van der Waals surface area contributed by atoms with E-state index in [4.69, 9.17) is 0 Å². The number of allylic oxidation sites excluding steroid dienone is 3. The average Bonchev–Trinajstić information content (AvgIpc) is 2.55. The minimum atomic E-state index is 0.155. The van der Waals surface area contributed by atoms with Crippen LogP contribution >= 0.6 is 0 Å². The summed E-state index contributed by atoms with van der Waals surface area (Å²) < 4.78 is 0. The molecule has 2 aromatic carbocycles. The first-order valence-corrected chi connectivity index (χ1v) is 7.26. The maximum absolute atomic E-state index is 12.2.